The number of hydrogen-bond acceptors (Lipinski definition) is 3. The highest BCUT2D eigenvalue weighted by Crippen LogP contribution is 2.15. The van der Waals surface area contributed by atoms with Crippen LogP contribution in [-0.4, -0.2) is 41.6 Å². The Morgan fingerprint density at radius 2 is 2.32 bits per heavy atom. The first-order chi connectivity index (χ1) is 8.99. The van der Waals surface area contributed by atoms with Gasteiger partial charge in [-0.3, -0.25) is 4.79 Å². The molecule has 0 aliphatic carbocycles. The number of halogens is 1. The van der Waals surface area contributed by atoms with Crippen LogP contribution >= 0.6 is 12.2 Å². The summed E-state index contributed by atoms with van der Waals surface area (Å²) in [6, 6.07) is 4.18. The molecule has 19 heavy (non-hydrogen) atoms. The summed E-state index contributed by atoms with van der Waals surface area (Å²) in [6.07, 6.45) is -0.429. The molecule has 1 saturated heterocycles. The average Bonchev–Trinajstić information content (AvgIpc) is 2.41. The van der Waals surface area contributed by atoms with E-state index in [-0.39, 0.29) is 10.9 Å². The minimum atomic E-state index is -0.429. The predicted molar refractivity (Wildman–Crippen MR) is 73.6 cm³/mol. The van der Waals surface area contributed by atoms with Gasteiger partial charge in [0.15, 0.2) is 0 Å². The van der Waals surface area contributed by atoms with Crippen molar-refractivity contribution in [3.63, 3.8) is 0 Å². The molecule has 1 heterocycles. The van der Waals surface area contributed by atoms with Gasteiger partial charge in [0.1, 0.15) is 16.9 Å². The zero-order valence-electron chi connectivity index (χ0n) is 10.6. The van der Waals surface area contributed by atoms with Crippen molar-refractivity contribution in [2.75, 3.05) is 19.7 Å². The number of carbonyl (C=O) groups excluding carboxylic acids is 1. The first kappa shape index (κ1) is 13.9. The maximum Gasteiger partial charge on any atom is 0.254 e. The Hall–Kier alpha value is -1.53. The van der Waals surface area contributed by atoms with E-state index < -0.39 is 11.9 Å². The smallest absolute Gasteiger partial charge is 0.254 e. The van der Waals surface area contributed by atoms with Crippen LogP contribution in [0.4, 0.5) is 4.39 Å². The van der Waals surface area contributed by atoms with Gasteiger partial charge in [0, 0.05) is 12.1 Å². The van der Waals surface area contributed by atoms with Crippen LogP contribution in [0.15, 0.2) is 18.2 Å². The number of rotatable bonds is 2. The molecule has 1 fully saturated rings. The number of nitrogens with two attached hydrogens (primary N) is 1. The van der Waals surface area contributed by atoms with Crippen molar-refractivity contribution in [1.82, 2.24) is 4.90 Å². The summed E-state index contributed by atoms with van der Waals surface area (Å²) < 4.78 is 18.6. The number of nitrogens with zero attached hydrogens (tertiary/aromatic N) is 1. The van der Waals surface area contributed by atoms with Gasteiger partial charge >= 0.3 is 0 Å². The third-order valence-electron chi connectivity index (χ3n) is 3.10. The summed E-state index contributed by atoms with van der Waals surface area (Å²) >= 11 is 4.87. The molecule has 0 spiro atoms. The molecule has 0 bridgehead atoms. The Bertz CT molecular complexity index is 521. The molecule has 0 saturated carbocycles. The first-order valence-electron chi connectivity index (χ1n) is 5.95. The van der Waals surface area contributed by atoms with Crippen LogP contribution in [0, 0.1) is 12.7 Å². The molecule has 0 radical (unpaired) electrons. The van der Waals surface area contributed by atoms with E-state index in [9.17, 15) is 9.18 Å². The average molecular weight is 282 g/mol. The molecular formula is C13H15FN2O2S. The topological polar surface area (TPSA) is 55.6 Å². The number of thiocarbonyl (C=S) groups is 1. The van der Waals surface area contributed by atoms with E-state index >= 15 is 0 Å². The van der Waals surface area contributed by atoms with Gasteiger partial charge in [-0.15, -0.1) is 0 Å². The van der Waals surface area contributed by atoms with Gasteiger partial charge < -0.3 is 15.4 Å². The fourth-order valence-electron chi connectivity index (χ4n) is 2.00. The van der Waals surface area contributed by atoms with E-state index in [1.165, 1.54) is 12.1 Å². The van der Waals surface area contributed by atoms with Crippen LogP contribution in [0.2, 0.25) is 0 Å². The molecule has 102 valence electrons. The minimum absolute atomic E-state index is 0.221. The van der Waals surface area contributed by atoms with Crippen molar-refractivity contribution in [2.24, 2.45) is 5.73 Å². The number of amides is 1. The van der Waals surface area contributed by atoms with Crippen LogP contribution < -0.4 is 5.73 Å². The summed E-state index contributed by atoms with van der Waals surface area (Å²) in [4.78, 5) is 14.2. The maximum atomic E-state index is 13.2. The minimum Gasteiger partial charge on any atom is -0.391 e. The Kier molecular flexibility index (Phi) is 4.11. The summed E-state index contributed by atoms with van der Waals surface area (Å²) in [6.45, 7) is 2.91. The summed E-state index contributed by atoms with van der Waals surface area (Å²) in [5, 5.41) is 0. The molecular weight excluding hydrogens is 267 g/mol. The van der Waals surface area contributed by atoms with E-state index in [1.54, 1.807) is 17.9 Å². The van der Waals surface area contributed by atoms with Crippen LogP contribution in [0.3, 0.4) is 0 Å². The number of carbonyl (C=O) groups is 1. The van der Waals surface area contributed by atoms with Crippen LogP contribution in [0.25, 0.3) is 0 Å². The zero-order chi connectivity index (χ0) is 14.0. The molecule has 1 unspecified atom stereocenters. The Morgan fingerprint density at radius 1 is 1.58 bits per heavy atom. The summed E-state index contributed by atoms with van der Waals surface area (Å²) in [5.74, 6) is -0.644. The molecule has 1 atom stereocenters. The van der Waals surface area contributed by atoms with Crippen molar-refractivity contribution in [3.05, 3.63) is 35.1 Å². The SMILES string of the molecule is Cc1ccc(F)cc1C(=O)N1CCOC(C(N)=S)C1. The predicted octanol–water partition coefficient (Wildman–Crippen LogP) is 1.26. The van der Waals surface area contributed by atoms with E-state index in [1.807, 2.05) is 0 Å². The molecule has 4 nitrogen and oxygen atoms in total. The van der Waals surface area contributed by atoms with Crippen LogP contribution in [0.5, 0.6) is 0 Å². The van der Waals surface area contributed by atoms with Gasteiger partial charge in [0.2, 0.25) is 0 Å². The Labute approximate surface area is 116 Å². The number of aryl methyl sites for hydroxylation is 1. The Balaban J connectivity index is 2.19. The van der Waals surface area contributed by atoms with Crippen LogP contribution in [-0.2, 0) is 4.74 Å². The Morgan fingerprint density at radius 3 is 3.00 bits per heavy atom. The molecule has 1 aliphatic rings. The van der Waals surface area contributed by atoms with E-state index in [0.29, 0.717) is 25.3 Å². The molecule has 2 N–H and O–H groups in total. The van der Waals surface area contributed by atoms with Crippen molar-refractivity contribution >= 4 is 23.1 Å². The highest BCUT2D eigenvalue weighted by Gasteiger charge is 2.27. The van der Waals surface area contributed by atoms with Gasteiger partial charge in [0.05, 0.1) is 13.2 Å². The number of morpholine rings is 1. The fraction of sp³-hybridized carbons (Fsp3) is 0.385. The van der Waals surface area contributed by atoms with Crippen molar-refractivity contribution < 1.29 is 13.9 Å². The van der Waals surface area contributed by atoms with E-state index in [4.69, 9.17) is 22.7 Å². The molecule has 6 heteroatoms. The molecule has 1 aliphatic heterocycles. The van der Waals surface area contributed by atoms with Crippen LogP contribution in [0.1, 0.15) is 15.9 Å². The second-order valence-electron chi connectivity index (χ2n) is 4.47. The highest BCUT2D eigenvalue weighted by molar-refractivity contribution is 7.80. The second-order valence-corrected chi connectivity index (χ2v) is 4.94. The zero-order valence-corrected chi connectivity index (χ0v) is 11.4. The third kappa shape index (κ3) is 3.08. The maximum absolute atomic E-state index is 13.2. The van der Waals surface area contributed by atoms with Crippen molar-refractivity contribution in [1.29, 1.82) is 0 Å². The molecule has 1 aromatic rings. The normalized spacial score (nSPS) is 19.3. The first-order valence-corrected chi connectivity index (χ1v) is 6.36. The van der Waals surface area contributed by atoms with E-state index in [0.717, 1.165) is 5.56 Å². The second kappa shape index (κ2) is 5.63. The lowest BCUT2D eigenvalue weighted by molar-refractivity contribution is 0.00873. The number of hydrogen-bond donors (Lipinski definition) is 1. The van der Waals surface area contributed by atoms with E-state index in [2.05, 4.69) is 0 Å². The lowest BCUT2D eigenvalue weighted by Crippen LogP contribution is -2.50. The quantitative estimate of drug-likeness (QED) is 0.830. The number of benzene rings is 1. The summed E-state index contributed by atoms with van der Waals surface area (Å²) in [7, 11) is 0. The lowest BCUT2D eigenvalue weighted by Gasteiger charge is -2.32. The molecule has 2 rings (SSSR count). The molecule has 0 aromatic heterocycles. The monoisotopic (exact) mass is 282 g/mol. The number of ether oxygens (including phenoxy) is 1. The lowest BCUT2D eigenvalue weighted by atomic mass is 10.1. The van der Waals surface area contributed by atoms with Gasteiger partial charge in [-0.25, -0.2) is 4.39 Å². The third-order valence-corrected chi connectivity index (χ3v) is 3.36. The summed E-state index contributed by atoms with van der Waals surface area (Å²) in [5.41, 5.74) is 6.64. The molecule has 1 amide bonds. The van der Waals surface area contributed by atoms with Gasteiger partial charge in [0.25, 0.3) is 5.91 Å². The standard InChI is InChI=1S/C13H15FN2O2S/c1-8-2-3-9(14)6-10(8)13(17)16-4-5-18-11(7-16)12(15)19/h2-3,6,11H,4-5,7H2,1H3,(H2,15,19). The molecule has 1 aromatic carbocycles. The van der Waals surface area contributed by atoms with Gasteiger partial charge in [-0.05, 0) is 24.6 Å². The van der Waals surface area contributed by atoms with Crippen molar-refractivity contribution in [3.8, 4) is 0 Å². The van der Waals surface area contributed by atoms with Crippen molar-refractivity contribution in [2.45, 2.75) is 13.0 Å². The fourth-order valence-corrected chi connectivity index (χ4v) is 2.14. The van der Waals surface area contributed by atoms with Gasteiger partial charge in [-0.2, -0.15) is 0 Å². The van der Waals surface area contributed by atoms with Gasteiger partial charge in [-0.1, -0.05) is 18.3 Å². The largest absolute Gasteiger partial charge is 0.391 e. The highest BCUT2D eigenvalue weighted by atomic mass is 32.1.